The van der Waals surface area contributed by atoms with E-state index in [1.807, 2.05) is 48.5 Å². The fourth-order valence-corrected chi connectivity index (χ4v) is 2.22. The molecule has 18 heavy (non-hydrogen) atoms. The van der Waals surface area contributed by atoms with Crippen LogP contribution >= 0.6 is 0 Å². The standard InChI is InChI=1S/C16H13NO/c18-16(14-8-2-1-3-9-14)17-12-6-10-13-7-4-5-11-15(13)17/h1-5,7-9,11H,6,10H2. The molecule has 2 heteroatoms. The van der Waals surface area contributed by atoms with Crippen molar-refractivity contribution in [2.45, 2.75) is 12.8 Å². The van der Waals surface area contributed by atoms with E-state index in [1.165, 1.54) is 5.56 Å². The maximum Gasteiger partial charge on any atom is 0.258 e. The van der Waals surface area contributed by atoms with Crippen molar-refractivity contribution >= 4 is 11.6 Å². The van der Waals surface area contributed by atoms with E-state index < -0.39 is 0 Å². The van der Waals surface area contributed by atoms with Gasteiger partial charge < -0.3 is 0 Å². The average Bonchev–Trinajstić information content (AvgIpc) is 2.47. The van der Waals surface area contributed by atoms with Crippen molar-refractivity contribution in [1.82, 2.24) is 0 Å². The maximum absolute atomic E-state index is 12.4. The molecule has 0 bridgehead atoms. The van der Waals surface area contributed by atoms with Crippen LogP contribution in [0.25, 0.3) is 0 Å². The van der Waals surface area contributed by atoms with Crippen molar-refractivity contribution in [2.24, 2.45) is 0 Å². The van der Waals surface area contributed by atoms with Gasteiger partial charge in [0.05, 0.1) is 0 Å². The van der Waals surface area contributed by atoms with E-state index >= 15 is 0 Å². The number of hydrogen-bond acceptors (Lipinski definition) is 1. The molecule has 0 spiro atoms. The summed E-state index contributed by atoms with van der Waals surface area (Å²) in [7, 11) is 0. The van der Waals surface area contributed by atoms with Crippen molar-refractivity contribution in [1.29, 1.82) is 0 Å². The van der Waals surface area contributed by atoms with E-state index in [4.69, 9.17) is 0 Å². The molecule has 0 N–H and O–H groups in total. The molecule has 0 aromatic heterocycles. The first-order valence-corrected chi connectivity index (χ1v) is 6.07. The van der Waals surface area contributed by atoms with Gasteiger partial charge >= 0.3 is 0 Å². The van der Waals surface area contributed by atoms with Crippen LogP contribution in [0.1, 0.15) is 22.3 Å². The summed E-state index contributed by atoms with van der Waals surface area (Å²) in [6.45, 7) is 3.16. The molecule has 1 heterocycles. The smallest absolute Gasteiger partial charge is 0.258 e. The summed E-state index contributed by atoms with van der Waals surface area (Å²) in [4.78, 5) is 14.1. The van der Waals surface area contributed by atoms with Crippen LogP contribution in [0.4, 0.5) is 5.69 Å². The summed E-state index contributed by atoms with van der Waals surface area (Å²) < 4.78 is 0. The van der Waals surface area contributed by atoms with Crippen molar-refractivity contribution in [3.8, 4) is 0 Å². The van der Waals surface area contributed by atoms with Gasteiger partial charge in [-0.3, -0.25) is 9.69 Å². The Bertz CT molecular complexity index is 562. The molecule has 1 aliphatic heterocycles. The molecule has 0 aliphatic carbocycles. The lowest BCUT2D eigenvalue weighted by atomic mass is 10.0. The van der Waals surface area contributed by atoms with Crippen LogP contribution in [0.2, 0.25) is 0 Å². The second kappa shape index (κ2) is 4.65. The van der Waals surface area contributed by atoms with Gasteiger partial charge in [0, 0.05) is 11.3 Å². The molecule has 0 fully saturated rings. The topological polar surface area (TPSA) is 20.3 Å². The van der Waals surface area contributed by atoms with Gasteiger partial charge in [-0.15, -0.1) is 0 Å². The molecular formula is C16H13NO. The highest BCUT2D eigenvalue weighted by Gasteiger charge is 2.23. The SMILES string of the molecule is O=C(c1ccccc1)N1[C]CCc2ccccc21. The van der Waals surface area contributed by atoms with Crippen LogP contribution in [-0.2, 0) is 6.42 Å². The van der Waals surface area contributed by atoms with Crippen molar-refractivity contribution in [3.63, 3.8) is 0 Å². The van der Waals surface area contributed by atoms with Gasteiger partial charge in [-0.25, -0.2) is 0 Å². The number of carbonyl (C=O) groups excluding carboxylic acids is 1. The summed E-state index contributed by atoms with van der Waals surface area (Å²) in [6.07, 6.45) is 1.74. The Morgan fingerprint density at radius 3 is 2.56 bits per heavy atom. The molecule has 2 nitrogen and oxygen atoms in total. The van der Waals surface area contributed by atoms with Crippen LogP contribution in [0.3, 0.4) is 0 Å². The highest BCUT2D eigenvalue weighted by Crippen LogP contribution is 2.29. The first-order valence-electron chi connectivity index (χ1n) is 6.07. The highest BCUT2D eigenvalue weighted by molar-refractivity contribution is 6.07. The fourth-order valence-electron chi connectivity index (χ4n) is 2.22. The lowest BCUT2D eigenvalue weighted by molar-refractivity contribution is 0.0992. The quantitative estimate of drug-likeness (QED) is 0.742. The fraction of sp³-hybridized carbons (Fsp3) is 0.125. The maximum atomic E-state index is 12.4. The minimum atomic E-state index is -0.0113. The summed E-state index contributed by atoms with van der Waals surface area (Å²) in [6, 6.07) is 17.3. The number of hydrogen-bond donors (Lipinski definition) is 0. The van der Waals surface area contributed by atoms with Gasteiger partial charge in [-0.05, 0) is 36.6 Å². The van der Waals surface area contributed by atoms with Gasteiger partial charge in [-0.2, -0.15) is 0 Å². The predicted molar refractivity (Wildman–Crippen MR) is 71.3 cm³/mol. The molecule has 3 rings (SSSR count). The molecule has 88 valence electrons. The Kier molecular flexibility index (Phi) is 2.85. The van der Waals surface area contributed by atoms with Crippen molar-refractivity contribution in [2.75, 3.05) is 4.90 Å². The number of rotatable bonds is 1. The Balaban J connectivity index is 1.97. The van der Waals surface area contributed by atoms with E-state index in [1.54, 1.807) is 4.90 Å². The van der Waals surface area contributed by atoms with Gasteiger partial charge in [0.2, 0.25) is 0 Å². The summed E-state index contributed by atoms with van der Waals surface area (Å²) in [5.74, 6) is -0.0113. The number of aryl methyl sites for hydroxylation is 1. The molecule has 2 aromatic rings. The molecule has 1 aliphatic rings. The third-order valence-electron chi connectivity index (χ3n) is 3.12. The van der Waals surface area contributed by atoms with Gasteiger partial charge in [0.1, 0.15) is 6.54 Å². The van der Waals surface area contributed by atoms with E-state index in [-0.39, 0.29) is 5.91 Å². The van der Waals surface area contributed by atoms with E-state index in [9.17, 15) is 4.79 Å². The van der Waals surface area contributed by atoms with Gasteiger partial charge in [0.25, 0.3) is 5.91 Å². The second-order valence-corrected chi connectivity index (χ2v) is 4.29. The number of fused-ring (bicyclic) bond motifs is 1. The zero-order valence-electron chi connectivity index (χ0n) is 9.97. The minimum absolute atomic E-state index is 0.0113. The Hall–Kier alpha value is -2.09. The molecule has 0 saturated carbocycles. The number of amides is 1. The van der Waals surface area contributed by atoms with Crippen LogP contribution in [0.15, 0.2) is 54.6 Å². The third kappa shape index (κ3) is 1.90. The van der Waals surface area contributed by atoms with Crippen LogP contribution in [-0.4, -0.2) is 5.91 Å². The molecule has 2 radical (unpaired) electrons. The van der Waals surface area contributed by atoms with E-state index in [2.05, 4.69) is 12.6 Å². The Morgan fingerprint density at radius 1 is 1.00 bits per heavy atom. The molecule has 1 amide bonds. The van der Waals surface area contributed by atoms with Crippen LogP contribution in [0, 0.1) is 6.54 Å². The highest BCUT2D eigenvalue weighted by atomic mass is 16.2. The number of carbonyl (C=O) groups is 1. The Morgan fingerprint density at radius 2 is 1.72 bits per heavy atom. The van der Waals surface area contributed by atoms with Crippen LogP contribution < -0.4 is 4.90 Å². The molecule has 2 aromatic carbocycles. The predicted octanol–water partition coefficient (Wildman–Crippen LogP) is 3.32. The van der Waals surface area contributed by atoms with Crippen molar-refractivity contribution < 1.29 is 4.79 Å². The lowest BCUT2D eigenvalue weighted by Gasteiger charge is -2.28. The summed E-state index contributed by atoms with van der Waals surface area (Å²) in [5, 5.41) is 0. The average molecular weight is 235 g/mol. The number of benzene rings is 2. The zero-order valence-corrected chi connectivity index (χ0v) is 9.97. The van der Waals surface area contributed by atoms with Gasteiger partial charge in [0.15, 0.2) is 0 Å². The first-order chi connectivity index (χ1) is 8.86. The molecule has 0 unspecified atom stereocenters. The van der Waals surface area contributed by atoms with Gasteiger partial charge in [-0.1, -0.05) is 36.4 Å². The van der Waals surface area contributed by atoms with E-state index in [0.717, 1.165) is 18.5 Å². The third-order valence-corrected chi connectivity index (χ3v) is 3.12. The molecular weight excluding hydrogens is 222 g/mol. The monoisotopic (exact) mass is 235 g/mol. The number of nitrogens with zero attached hydrogens (tertiary/aromatic N) is 1. The lowest BCUT2D eigenvalue weighted by Crippen LogP contribution is -2.31. The second-order valence-electron chi connectivity index (χ2n) is 4.29. The van der Waals surface area contributed by atoms with E-state index in [0.29, 0.717) is 5.56 Å². The van der Waals surface area contributed by atoms with Crippen molar-refractivity contribution in [3.05, 3.63) is 72.3 Å². The largest absolute Gasteiger partial charge is 0.297 e. The summed E-state index contributed by atoms with van der Waals surface area (Å²) in [5.41, 5.74) is 2.86. The Labute approximate surface area is 107 Å². The first kappa shape index (κ1) is 11.0. The molecule has 0 saturated heterocycles. The van der Waals surface area contributed by atoms with Crippen LogP contribution in [0.5, 0.6) is 0 Å². The summed E-state index contributed by atoms with van der Waals surface area (Å²) >= 11 is 0. The minimum Gasteiger partial charge on any atom is -0.297 e. The normalized spacial score (nSPS) is 14.1. The number of para-hydroxylation sites is 1. The number of anilines is 1. The zero-order chi connectivity index (χ0) is 12.4. The molecule has 0 atom stereocenters.